The number of benzene rings is 1. The third-order valence-electron chi connectivity index (χ3n) is 2.55. The van der Waals surface area contributed by atoms with Crippen molar-refractivity contribution < 1.29 is 8.42 Å². The lowest BCUT2D eigenvalue weighted by atomic mass is 10.1. The van der Waals surface area contributed by atoms with Crippen molar-refractivity contribution in [1.82, 2.24) is 0 Å². The fraction of sp³-hybridized carbons (Fsp3) is 0.429. The number of hydrogen-bond donors (Lipinski definition) is 0. The van der Waals surface area contributed by atoms with Crippen LogP contribution in [0.25, 0.3) is 0 Å². The Morgan fingerprint density at radius 3 is 2.61 bits per heavy atom. The summed E-state index contributed by atoms with van der Waals surface area (Å²) in [6.45, 7) is 4.30. The van der Waals surface area contributed by atoms with Gasteiger partial charge >= 0.3 is 0 Å². The molecule has 4 heteroatoms. The van der Waals surface area contributed by atoms with E-state index in [4.69, 9.17) is 11.6 Å². The van der Waals surface area contributed by atoms with Crippen LogP contribution in [0.5, 0.6) is 0 Å². The molecule has 0 saturated heterocycles. The van der Waals surface area contributed by atoms with Gasteiger partial charge in [0.1, 0.15) is 0 Å². The Kier molecular flexibility index (Phi) is 5.89. The fourth-order valence-corrected chi connectivity index (χ4v) is 2.93. The monoisotopic (exact) mass is 286 g/mol. The van der Waals surface area contributed by atoms with Crippen molar-refractivity contribution in [3.05, 3.63) is 41.4 Å². The van der Waals surface area contributed by atoms with Crippen molar-refractivity contribution in [3.8, 4) is 0 Å². The molecule has 18 heavy (non-hydrogen) atoms. The molecule has 0 heterocycles. The van der Waals surface area contributed by atoms with E-state index >= 15 is 0 Å². The topological polar surface area (TPSA) is 34.1 Å². The van der Waals surface area contributed by atoms with Gasteiger partial charge in [0, 0.05) is 5.02 Å². The van der Waals surface area contributed by atoms with Crippen molar-refractivity contribution in [2.45, 2.75) is 31.6 Å². The Balaban J connectivity index is 2.60. The molecule has 0 aliphatic rings. The maximum Gasteiger partial charge on any atom is 0.181 e. The summed E-state index contributed by atoms with van der Waals surface area (Å²) in [5, 5.41) is 0.444. The van der Waals surface area contributed by atoms with Gasteiger partial charge in [0.05, 0.1) is 10.6 Å². The first-order valence-corrected chi connectivity index (χ1v) is 8.08. The van der Waals surface area contributed by atoms with Gasteiger partial charge in [-0.05, 0) is 37.0 Å². The van der Waals surface area contributed by atoms with Gasteiger partial charge in [-0.3, -0.25) is 0 Å². The molecule has 1 aromatic rings. The van der Waals surface area contributed by atoms with Crippen molar-refractivity contribution in [2.75, 3.05) is 5.75 Å². The Bertz CT molecular complexity index is 504. The number of rotatable bonds is 6. The highest BCUT2D eigenvalue weighted by Crippen LogP contribution is 2.17. The second-order valence-electron chi connectivity index (χ2n) is 4.68. The van der Waals surface area contributed by atoms with Crippen LogP contribution in [-0.2, 0) is 9.84 Å². The third-order valence-corrected chi connectivity index (χ3v) is 4.39. The summed E-state index contributed by atoms with van der Waals surface area (Å²) in [5.74, 6) is 0.671. The van der Waals surface area contributed by atoms with Gasteiger partial charge in [-0.25, -0.2) is 8.42 Å². The van der Waals surface area contributed by atoms with Gasteiger partial charge in [-0.1, -0.05) is 43.7 Å². The summed E-state index contributed by atoms with van der Waals surface area (Å²) in [4.78, 5) is 0.281. The minimum atomic E-state index is -3.25. The van der Waals surface area contributed by atoms with Crippen molar-refractivity contribution in [1.29, 1.82) is 0 Å². The maximum atomic E-state index is 12.0. The Labute approximate surface area is 115 Å². The second-order valence-corrected chi connectivity index (χ2v) is 7.15. The lowest BCUT2D eigenvalue weighted by molar-refractivity contribution is 0.593. The predicted octanol–water partition coefficient (Wildman–Crippen LogP) is 4.11. The SMILES string of the molecule is CC(C)CCC=CCS(=O)(=O)c1cccc(Cl)c1. The van der Waals surface area contributed by atoms with E-state index in [-0.39, 0.29) is 10.6 Å². The smallest absolute Gasteiger partial charge is 0.181 e. The molecular weight excluding hydrogens is 268 g/mol. The first-order valence-electron chi connectivity index (χ1n) is 6.05. The molecule has 0 spiro atoms. The molecule has 0 unspecified atom stereocenters. The van der Waals surface area contributed by atoms with E-state index in [1.165, 1.54) is 6.07 Å². The van der Waals surface area contributed by atoms with Crippen LogP contribution >= 0.6 is 11.6 Å². The Hall–Kier alpha value is -0.800. The highest BCUT2D eigenvalue weighted by atomic mass is 35.5. The number of halogens is 1. The van der Waals surface area contributed by atoms with Gasteiger partial charge in [0.15, 0.2) is 9.84 Å². The molecule has 0 aromatic heterocycles. The van der Waals surface area contributed by atoms with Gasteiger partial charge in [0.25, 0.3) is 0 Å². The fourth-order valence-electron chi connectivity index (χ4n) is 1.50. The van der Waals surface area contributed by atoms with Crippen LogP contribution in [0.15, 0.2) is 41.3 Å². The van der Waals surface area contributed by atoms with Crippen molar-refractivity contribution in [2.24, 2.45) is 5.92 Å². The number of allylic oxidation sites excluding steroid dienone is 1. The molecular formula is C14H19ClO2S. The quantitative estimate of drug-likeness (QED) is 0.738. The normalized spacial score (nSPS) is 12.4. The maximum absolute atomic E-state index is 12.0. The van der Waals surface area contributed by atoms with E-state index in [2.05, 4.69) is 13.8 Å². The largest absolute Gasteiger partial charge is 0.223 e. The van der Waals surface area contributed by atoms with Crippen LogP contribution in [0, 0.1) is 5.92 Å². The summed E-state index contributed by atoms with van der Waals surface area (Å²) >= 11 is 5.79. The summed E-state index contributed by atoms with van der Waals surface area (Å²) in [6.07, 6.45) is 5.65. The summed E-state index contributed by atoms with van der Waals surface area (Å²) < 4.78 is 23.9. The van der Waals surface area contributed by atoms with E-state index in [1.54, 1.807) is 24.3 Å². The number of hydrogen-bond acceptors (Lipinski definition) is 2. The Morgan fingerprint density at radius 2 is 2.00 bits per heavy atom. The first-order chi connectivity index (χ1) is 8.42. The van der Waals surface area contributed by atoms with Gasteiger partial charge in [-0.2, -0.15) is 0 Å². The van der Waals surface area contributed by atoms with Crippen LogP contribution < -0.4 is 0 Å². The van der Waals surface area contributed by atoms with Crippen LogP contribution in [-0.4, -0.2) is 14.2 Å². The molecule has 1 aromatic carbocycles. The minimum absolute atomic E-state index is 0.0332. The molecule has 0 bridgehead atoms. The molecule has 0 atom stereocenters. The lowest BCUT2D eigenvalue weighted by Gasteiger charge is -2.02. The third kappa shape index (κ3) is 5.23. The standard InChI is InChI=1S/C14H19ClO2S/c1-12(2)7-4-3-5-10-18(16,17)14-9-6-8-13(15)11-14/h3,5-6,8-9,11-12H,4,7,10H2,1-2H3. The van der Waals surface area contributed by atoms with E-state index in [1.807, 2.05) is 6.08 Å². The summed E-state index contributed by atoms with van der Waals surface area (Å²) in [5.41, 5.74) is 0. The van der Waals surface area contributed by atoms with Crippen LogP contribution in [0.3, 0.4) is 0 Å². The Morgan fingerprint density at radius 1 is 1.28 bits per heavy atom. The van der Waals surface area contributed by atoms with E-state index < -0.39 is 9.84 Å². The highest BCUT2D eigenvalue weighted by molar-refractivity contribution is 7.91. The van der Waals surface area contributed by atoms with Crippen LogP contribution in [0.2, 0.25) is 5.02 Å². The molecule has 2 nitrogen and oxygen atoms in total. The molecule has 0 radical (unpaired) electrons. The lowest BCUT2D eigenvalue weighted by Crippen LogP contribution is -2.04. The molecule has 100 valence electrons. The van der Waals surface area contributed by atoms with Gasteiger partial charge in [0.2, 0.25) is 0 Å². The molecule has 0 fully saturated rings. The van der Waals surface area contributed by atoms with Crippen molar-refractivity contribution in [3.63, 3.8) is 0 Å². The molecule has 1 rings (SSSR count). The highest BCUT2D eigenvalue weighted by Gasteiger charge is 2.12. The van der Waals surface area contributed by atoms with E-state index in [9.17, 15) is 8.42 Å². The van der Waals surface area contributed by atoms with E-state index in [0.717, 1.165) is 12.8 Å². The zero-order valence-electron chi connectivity index (χ0n) is 10.8. The van der Waals surface area contributed by atoms with Gasteiger partial charge in [-0.15, -0.1) is 0 Å². The predicted molar refractivity (Wildman–Crippen MR) is 76.7 cm³/mol. The van der Waals surface area contributed by atoms with Crippen molar-refractivity contribution >= 4 is 21.4 Å². The van der Waals surface area contributed by atoms with Crippen LogP contribution in [0.4, 0.5) is 0 Å². The summed E-state index contributed by atoms with van der Waals surface area (Å²) in [6, 6.07) is 6.37. The van der Waals surface area contributed by atoms with Gasteiger partial charge < -0.3 is 0 Å². The number of sulfone groups is 1. The molecule has 0 N–H and O–H groups in total. The molecule has 0 aliphatic heterocycles. The average Bonchev–Trinajstić information content (AvgIpc) is 2.28. The van der Waals surface area contributed by atoms with E-state index in [0.29, 0.717) is 10.9 Å². The molecule has 0 aliphatic carbocycles. The van der Waals surface area contributed by atoms with Crippen LogP contribution in [0.1, 0.15) is 26.7 Å². The average molecular weight is 287 g/mol. The summed E-state index contributed by atoms with van der Waals surface area (Å²) in [7, 11) is -3.25. The second kappa shape index (κ2) is 6.95. The first kappa shape index (κ1) is 15.3. The molecule has 0 amide bonds. The minimum Gasteiger partial charge on any atom is -0.223 e. The molecule has 0 saturated carbocycles. The zero-order valence-corrected chi connectivity index (χ0v) is 12.3. The zero-order chi connectivity index (χ0) is 13.6.